The fourth-order valence-electron chi connectivity index (χ4n) is 3.85. The standard InChI is InChI=1S/C21H29N/c1-18-17-19-13-9-6-4-2-3-5-7-12-16-21(19)22(18)20-14-10-8-11-15-20/h8,10-11,14-15,17H,2-7,9,12-13,16H2,1H3. The highest BCUT2D eigenvalue weighted by Crippen LogP contribution is 2.26. The van der Waals surface area contributed by atoms with Crippen molar-refractivity contribution < 1.29 is 0 Å². The maximum Gasteiger partial charge on any atom is 0.0455 e. The molecule has 0 aliphatic heterocycles. The number of fused-ring (bicyclic) bond motifs is 1. The summed E-state index contributed by atoms with van der Waals surface area (Å²) in [6.45, 7) is 2.26. The molecule has 0 spiro atoms. The van der Waals surface area contributed by atoms with Crippen LogP contribution in [-0.2, 0) is 12.8 Å². The molecule has 0 bridgehead atoms. The zero-order valence-electron chi connectivity index (χ0n) is 14.0. The Morgan fingerprint density at radius 2 is 1.32 bits per heavy atom. The van der Waals surface area contributed by atoms with Gasteiger partial charge in [0.1, 0.15) is 0 Å². The van der Waals surface area contributed by atoms with E-state index in [0.717, 1.165) is 0 Å². The number of nitrogens with zero attached hydrogens (tertiary/aromatic N) is 1. The first-order valence-corrected chi connectivity index (χ1v) is 9.12. The van der Waals surface area contributed by atoms with Gasteiger partial charge in [0.25, 0.3) is 0 Å². The van der Waals surface area contributed by atoms with Crippen LogP contribution in [-0.4, -0.2) is 4.57 Å². The third kappa shape index (κ3) is 3.63. The van der Waals surface area contributed by atoms with Gasteiger partial charge in [-0.2, -0.15) is 0 Å². The lowest BCUT2D eigenvalue weighted by atomic mass is 9.99. The zero-order valence-corrected chi connectivity index (χ0v) is 14.0. The summed E-state index contributed by atoms with van der Waals surface area (Å²) in [7, 11) is 0. The maximum atomic E-state index is 2.50. The Bertz CT molecular complexity index is 579. The third-order valence-electron chi connectivity index (χ3n) is 5.00. The number of benzene rings is 1. The normalized spacial score (nSPS) is 17.3. The van der Waals surface area contributed by atoms with Gasteiger partial charge in [-0.15, -0.1) is 0 Å². The summed E-state index contributed by atoms with van der Waals surface area (Å²) in [6, 6.07) is 13.3. The van der Waals surface area contributed by atoms with Gasteiger partial charge in [-0.1, -0.05) is 56.7 Å². The summed E-state index contributed by atoms with van der Waals surface area (Å²) >= 11 is 0. The molecule has 1 aliphatic rings. The molecule has 1 heteroatoms. The van der Waals surface area contributed by atoms with E-state index < -0.39 is 0 Å². The number of aromatic nitrogens is 1. The molecule has 0 N–H and O–H groups in total. The largest absolute Gasteiger partial charge is 0.318 e. The minimum atomic E-state index is 1.23. The molecule has 2 aromatic rings. The molecule has 1 aromatic heterocycles. The van der Waals surface area contributed by atoms with Gasteiger partial charge in [-0.05, 0) is 56.4 Å². The van der Waals surface area contributed by atoms with E-state index >= 15 is 0 Å². The van der Waals surface area contributed by atoms with Crippen molar-refractivity contribution in [2.75, 3.05) is 0 Å². The highest BCUT2D eigenvalue weighted by Gasteiger charge is 2.14. The highest BCUT2D eigenvalue weighted by atomic mass is 15.0. The molecule has 0 unspecified atom stereocenters. The van der Waals surface area contributed by atoms with Crippen molar-refractivity contribution in [1.29, 1.82) is 0 Å². The topological polar surface area (TPSA) is 4.93 Å². The van der Waals surface area contributed by atoms with Gasteiger partial charge in [0, 0.05) is 17.1 Å². The molecule has 22 heavy (non-hydrogen) atoms. The zero-order chi connectivity index (χ0) is 15.2. The van der Waals surface area contributed by atoms with Gasteiger partial charge >= 0.3 is 0 Å². The van der Waals surface area contributed by atoms with E-state index in [4.69, 9.17) is 0 Å². The van der Waals surface area contributed by atoms with E-state index in [9.17, 15) is 0 Å². The Morgan fingerprint density at radius 1 is 0.727 bits per heavy atom. The Balaban J connectivity index is 1.91. The highest BCUT2D eigenvalue weighted by molar-refractivity contribution is 5.41. The van der Waals surface area contributed by atoms with Crippen molar-refractivity contribution in [3.05, 3.63) is 53.3 Å². The molecule has 1 nitrogen and oxygen atoms in total. The van der Waals surface area contributed by atoms with Gasteiger partial charge in [0.05, 0.1) is 0 Å². The molecule has 0 atom stereocenters. The predicted molar refractivity (Wildman–Crippen MR) is 94.9 cm³/mol. The second kappa shape index (κ2) is 7.67. The second-order valence-electron chi connectivity index (χ2n) is 6.76. The van der Waals surface area contributed by atoms with Crippen LogP contribution in [0.25, 0.3) is 5.69 Å². The van der Waals surface area contributed by atoms with Crippen LogP contribution in [0.1, 0.15) is 68.3 Å². The van der Waals surface area contributed by atoms with Crippen molar-refractivity contribution in [2.24, 2.45) is 0 Å². The van der Waals surface area contributed by atoms with E-state index in [0.29, 0.717) is 0 Å². The van der Waals surface area contributed by atoms with E-state index in [-0.39, 0.29) is 0 Å². The number of aryl methyl sites for hydroxylation is 2. The third-order valence-corrected chi connectivity index (χ3v) is 5.00. The summed E-state index contributed by atoms with van der Waals surface area (Å²) in [5.41, 5.74) is 5.89. The molecule has 3 rings (SSSR count). The van der Waals surface area contributed by atoms with Gasteiger partial charge in [-0.3, -0.25) is 0 Å². The minimum Gasteiger partial charge on any atom is -0.318 e. The molecule has 0 radical (unpaired) electrons. The number of para-hydroxylation sites is 1. The molecule has 1 aliphatic carbocycles. The first-order chi connectivity index (χ1) is 10.9. The summed E-state index contributed by atoms with van der Waals surface area (Å²) in [5, 5.41) is 0. The monoisotopic (exact) mass is 295 g/mol. The summed E-state index contributed by atoms with van der Waals surface area (Å²) in [6.07, 6.45) is 13.7. The lowest BCUT2D eigenvalue weighted by Crippen LogP contribution is -2.04. The van der Waals surface area contributed by atoms with Crippen LogP contribution >= 0.6 is 0 Å². The van der Waals surface area contributed by atoms with Crippen molar-refractivity contribution >= 4 is 0 Å². The van der Waals surface area contributed by atoms with Crippen LogP contribution in [0.3, 0.4) is 0 Å². The number of hydrogen-bond donors (Lipinski definition) is 0. The van der Waals surface area contributed by atoms with Crippen molar-refractivity contribution in [2.45, 2.75) is 71.1 Å². The van der Waals surface area contributed by atoms with Crippen molar-refractivity contribution in [3.63, 3.8) is 0 Å². The van der Waals surface area contributed by atoms with Gasteiger partial charge in [0.15, 0.2) is 0 Å². The van der Waals surface area contributed by atoms with E-state index in [1.165, 1.54) is 75.6 Å². The minimum absolute atomic E-state index is 1.23. The molecule has 0 saturated heterocycles. The van der Waals surface area contributed by atoms with Crippen LogP contribution in [0.2, 0.25) is 0 Å². The molecule has 1 heterocycles. The van der Waals surface area contributed by atoms with Crippen LogP contribution in [0.5, 0.6) is 0 Å². The van der Waals surface area contributed by atoms with Crippen molar-refractivity contribution in [1.82, 2.24) is 4.57 Å². The summed E-state index contributed by atoms with van der Waals surface area (Å²) < 4.78 is 2.50. The molecular formula is C21H29N. The van der Waals surface area contributed by atoms with Gasteiger partial charge in [0.2, 0.25) is 0 Å². The summed E-state index contributed by atoms with van der Waals surface area (Å²) in [4.78, 5) is 0. The maximum absolute atomic E-state index is 2.50. The van der Waals surface area contributed by atoms with Gasteiger partial charge < -0.3 is 4.57 Å². The van der Waals surface area contributed by atoms with Gasteiger partial charge in [-0.25, -0.2) is 0 Å². The first kappa shape index (κ1) is 15.4. The molecule has 1 aromatic carbocycles. The first-order valence-electron chi connectivity index (χ1n) is 9.12. The summed E-state index contributed by atoms with van der Waals surface area (Å²) in [5.74, 6) is 0. The van der Waals surface area contributed by atoms with Crippen molar-refractivity contribution in [3.8, 4) is 5.69 Å². The molecule has 0 saturated carbocycles. The van der Waals surface area contributed by atoms with E-state index in [2.05, 4.69) is 47.9 Å². The lowest BCUT2D eigenvalue weighted by Gasteiger charge is -2.14. The Labute approximate surface area is 135 Å². The predicted octanol–water partition coefficient (Wildman–Crippen LogP) is 6.01. The average Bonchev–Trinajstić information content (AvgIpc) is 2.84. The number of hydrogen-bond acceptors (Lipinski definition) is 0. The number of rotatable bonds is 1. The molecule has 118 valence electrons. The average molecular weight is 295 g/mol. The second-order valence-corrected chi connectivity index (χ2v) is 6.76. The SMILES string of the molecule is Cc1cc2c(n1-c1ccccc1)CCCCCCCCCC2. The Kier molecular flexibility index (Phi) is 5.37. The van der Waals surface area contributed by atoms with Crippen LogP contribution in [0.15, 0.2) is 36.4 Å². The molecular weight excluding hydrogens is 266 g/mol. The smallest absolute Gasteiger partial charge is 0.0455 e. The van der Waals surface area contributed by atoms with E-state index in [1.54, 1.807) is 11.3 Å². The molecule has 0 amide bonds. The Hall–Kier alpha value is -1.50. The fraction of sp³-hybridized carbons (Fsp3) is 0.524. The van der Waals surface area contributed by atoms with Crippen LogP contribution < -0.4 is 0 Å². The fourth-order valence-corrected chi connectivity index (χ4v) is 3.85. The van der Waals surface area contributed by atoms with Crippen LogP contribution in [0, 0.1) is 6.92 Å². The lowest BCUT2D eigenvalue weighted by molar-refractivity contribution is 0.556. The Morgan fingerprint density at radius 3 is 2.00 bits per heavy atom. The quantitative estimate of drug-likeness (QED) is 0.607. The van der Waals surface area contributed by atoms with Crippen LogP contribution in [0.4, 0.5) is 0 Å². The molecule has 0 fully saturated rings. The van der Waals surface area contributed by atoms with E-state index in [1.807, 2.05) is 0 Å².